The zero-order chi connectivity index (χ0) is 25.7. The van der Waals surface area contributed by atoms with E-state index in [1.54, 1.807) is 11.3 Å². The van der Waals surface area contributed by atoms with E-state index in [0.29, 0.717) is 6.42 Å². The summed E-state index contributed by atoms with van der Waals surface area (Å²) in [4.78, 5) is 32.0. The Morgan fingerprint density at radius 1 is 0.895 bits per heavy atom. The van der Waals surface area contributed by atoms with Gasteiger partial charge in [-0.1, -0.05) is 30.3 Å². The molecule has 0 aliphatic carbocycles. The third kappa shape index (κ3) is 5.72. The van der Waals surface area contributed by atoms with Gasteiger partial charge < -0.3 is 10.2 Å². The van der Waals surface area contributed by atoms with Gasteiger partial charge in [-0.2, -0.15) is 0 Å². The average Bonchev–Trinajstić information content (AvgIpc) is 3.47. The molecule has 6 rings (SSSR count). The monoisotopic (exact) mass is 520 g/mol. The number of carbonyl (C=O) groups is 1. The van der Waals surface area contributed by atoms with Crippen molar-refractivity contribution in [1.82, 2.24) is 19.9 Å². The number of rotatable bonds is 7. The van der Waals surface area contributed by atoms with E-state index in [-0.39, 0.29) is 5.91 Å². The summed E-state index contributed by atoms with van der Waals surface area (Å²) < 4.78 is 0. The van der Waals surface area contributed by atoms with Crippen LogP contribution in [-0.2, 0) is 17.8 Å². The van der Waals surface area contributed by atoms with Crippen LogP contribution in [0.1, 0.15) is 10.4 Å². The molecule has 3 aromatic heterocycles. The molecule has 1 aliphatic heterocycles. The highest BCUT2D eigenvalue weighted by atomic mass is 32.1. The van der Waals surface area contributed by atoms with Crippen LogP contribution in [0.25, 0.3) is 22.2 Å². The minimum atomic E-state index is -0.00776. The van der Waals surface area contributed by atoms with Gasteiger partial charge in [0.15, 0.2) is 0 Å². The van der Waals surface area contributed by atoms with Crippen LogP contribution < -0.4 is 10.2 Å². The van der Waals surface area contributed by atoms with Gasteiger partial charge in [-0.25, -0.2) is 4.98 Å². The van der Waals surface area contributed by atoms with Crippen LogP contribution >= 0.6 is 11.3 Å². The molecule has 0 unspecified atom stereocenters. The van der Waals surface area contributed by atoms with Crippen LogP contribution in [-0.4, -0.2) is 51.9 Å². The standard InChI is InChI=1S/C30H28N6OS/c37-30(18-26-4-2-16-38-26)33-25-8-5-23(6-9-25)24-7-10-27-28(17-24)34-29(20-32-27)36-14-12-35(13-15-36)21-22-3-1-11-31-19-22/h1-11,16-17,19-20H,12-15,18,21H2,(H,33,37). The van der Waals surface area contributed by atoms with Gasteiger partial charge >= 0.3 is 0 Å². The van der Waals surface area contributed by atoms with Gasteiger partial charge in [0.1, 0.15) is 5.82 Å². The number of fused-ring (bicyclic) bond motifs is 1. The summed E-state index contributed by atoms with van der Waals surface area (Å²) in [6, 6.07) is 22.2. The molecule has 7 nitrogen and oxygen atoms in total. The molecule has 0 spiro atoms. The maximum Gasteiger partial charge on any atom is 0.229 e. The van der Waals surface area contributed by atoms with Crippen molar-refractivity contribution < 1.29 is 4.79 Å². The number of piperazine rings is 1. The molecule has 0 saturated carbocycles. The SMILES string of the molecule is O=C(Cc1cccs1)Nc1ccc(-c2ccc3ncc(N4CCN(Cc5cccnc5)CC4)nc3c2)cc1. The molecule has 38 heavy (non-hydrogen) atoms. The van der Waals surface area contributed by atoms with Crippen molar-refractivity contribution in [3.8, 4) is 11.1 Å². The first kappa shape index (κ1) is 24.2. The molecule has 0 atom stereocenters. The molecule has 5 aromatic rings. The van der Waals surface area contributed by atoms with Crippen molar-refractivity contribution in [1.29, 1.82) is 0 Å². The fourth-order valence-corrected chi connectivity index (χ4v) is 5.44. The van der Waals surface area contributed by atoms with Gasteiger partial charge in [-0.15, -0.1) is 11.3 Å². The fraction of sp³-hybridized carbons (Fsp3) is 0.200. The highest BCUT2D eigenvalue weighted by Crippen LogP contribution is 2.26. The molecular weight excluding hydrogens is 492 g/mol. The number of carbonyl (C=O) groups excluding carboxylic acids is 1. The normalized spacial score (nSPS) is 14.1. The molecule has 1 amide bonds. The summed E-state index contributed by atoms with van der Waals surface area (Å²) >= 11 is 1.59. The van der Waals surface area contributed by atoms with E-state index in [1.165, 1.54) is 5.56 Å². The number of benzene rings is 2. The summed E-state index contributed by atoms with van der Waals surface area (Å²) in [5, 5.41) is 4.97. The first-order valence-corrected chi connectivity index (χ1v) is 13.6. The van der Waals surface area contributed by atoms with Gasteiger partial charge in [0.2, 0.25) is 5.91 Å². The lowest BCUT2D eigenvalue weighted by molar-refractivity contribution is -0.115. The smallest absolute Gasteiger partial charge is 0.229 e. The van der Waals surface area contributed by atoms with Gasteiger partial charge in [-0.3, -0.25) is 19.7 Å². The summed E-state index contributed by atoms with van der Waals surface area (Å²) in [5.41, 5.74) is 5.94. The van der Waals surface area contributed by atoms with Crippen LogP contribution in [0.2, 0.25) is 0 Å². The van der Waals surface area contributed by atoms with E-state index in [4.69, 9.17) is 4.98 Å². The number of nitrogens with zero attached hydrogens (tertiary/aromatic N) is 5. The van der Waals surface area contributed by atoms with Gasteiger partial charge in [0, 0.05) is 55.7 Å². The zero-order valence-corrected chi connectivity index (χ0v) is 21.8. The Bertz CT molecular complexity index is 1510. The molecular formula is C30H28N6OS. The minimum absolute atomic E-state index is 0.00776. The summed E-state index contributed by atoms with van der Waals surface area (Å²) in [5.74, 6) is 0.908. The van der Waals surface area contributed by atoms with Crippen LogP contribution in [0, 0.1) is 0 Å². The van der Waals surface area contributed by atoms with E-state index in [9.17, 15) is 4.79 Å². The van der Waals surface area contributed by atoms with E-state index in [0.717, 1.165) is 71.3 Å². The largest absolute Gasteiger partial charge is 0.353 e. The highest BCUT2D eigenvalue weighted by molar-refractivity contribution is 7.10. The number of pyridine rings is 1. The van der Waals surface area contributed by atoms with Crippen LogP contribution in [0.3, 0.4) is 0 Å². The number of nitrogens with one attached hydrogen (secondary N) is 1. The van der Waals surface area contributed by atoms with E-state index in [2.05, 4.69) is 43.3 Å². The Labute approximate surface area is 225 Å². The predicted molar refractivity (Wildman–Crippen MR) is 153 cm³/mol. The lowest BCUT2D eigenvalue weighted by atomic mass is 10.0. The summed E-state index contributed by atoms with van der Waals surface area (Å²) in [6.07, 6.45) is 6.03. The Morgan fingerprint density at radius 3 is 2.50 bits per heavy atom. The Morgan fingerprint density at radius 2 is 1.74 bits per heavy atom. The van der Waals surface area contributed by atoms with Crippen molar-refractivity contribution >= 4 is 39.8 Å². The maximum atomic E-state index is 12.3. The third-order valence-electron chi connectivity index (χ3n) is 6.77. The van der Waals surface area contributed by atoms with Crippen molar-refractivity contribution in [3.63, 3.8) is 0 Å². The van der Waals surface area contributed by atoms with Gasteiger partial charge in [-0.05, 0) is 58.5 Å². The molecule has 1 aliphatic rings. The Balaban J connectivity index is 1.11. The molecule has 1 fully saturated rings. The van der Waals surface area contributed by atoms with Crippen LogP contribution in [0.5, 0.6) is 0 Å². The summed E-state index contributed by atoms with van der Waals surface area (Å²) in [7, 11) is 0. The molecule has 4 heterocycles. The quantitative estimate of drug-likeness (QED) is 0.316. The van der Waals surface area contributed by atoms with E-state index < -0.39 is 0 Å². The van der Waals surface area contributed by atoms with Crippen molar-refractivity contribution in [2.24, 2.45) is 0 Å². The molecule has 1 saturated heterocycles. The second kappa shape index (κ2) is 11.1. The average molecular weight is 521 g/mol. The number of hydrogen-bond acceptors (Lipinski definition) is 7. The van der Waals surface area contributed by atoms with Gasteiger partial charge in [0.25, 0.3) is 0 Å². The lowest BCUT2D eigenvalue weighted by Crippen LogP contribution is -2.46. The first-order chi connectivity index (χ1) is 18.7. The second-order valence-corrected chi connectivity index (χ2v) is 10.5. The molecule has 0 radical (unpaired) electrons. The maximum absolute atomic E-state index is 12.3. The molecule has 1 N–H and O–H groups in total. The number of hydrogen-bond donors (Lipinski definition) is 1. The summed E-state index contributed by atoms with van der Waals surface area (Å²) in [6.45, 7) is 4.71. The Kier molecular flexibility index (Phi) is 7.06. The fourth-order valence-electron chi connectivity index (χ4n) is 4.74. The zero-order valence-electron chi connectivity index (χ0n) is 21.0. The highest BCUT2D eigenvalue weighted by Gasteiger charge is 2.19. The number of thiophene rings is 1. The first-order valence-electron chi connectivity index (χ1n) is 12.8. The third-order valence-corrected chi connectivity index (χ3v) is 7.65. The number of aromatic nitrogens is 3. The van der Waals surface area contributed by atoms with Crippen molar-refractivity contribution in [2.45, 2.75) is 13.0 Å². The van der Waals surface area contributed by atoms with Gasteiger partial charge in [0.05, 0.1) is 23.7 Å². The Hall–Kier alpha value is -4.14. The predicted octanol–water partition coefficient (Wildman–Crippen LogP) is 5.26. The minimum Gasteiger partial charge on any atom is -0.353 e. The van der Waals surface area contributed by atoms with Crippen molar-refractivity contribution in [2.75, 3.05) is 36.4 Å². The number of anilines is 2. The molecule has 190 valence electrons. The second-order valence-electron chi connectivity index (χ2n) is 9.44. The molecule has 0 bridgehead atoms. The van der Waals surface area contributed by atoms with Crippen LogP contribution in [0.15, 0.2) is 90.7 Å². The van der Waals surface area contributed by atoms with E-state index in [1.807, 2.05) is 72.5 Å². The molecule has 2 aromatic carbocycles. The van der Waals surface area contributed by atoms with Crippen molar-refractivity contribution in [3.05, 3.63) is 101 Å². The van der Waals surface area contributed by atoms with Crippen LogP contribution in [0.4, 0.5) is 11.5 Å². The van der Waals surface area contributed by atoms with E-state index >= 15 is 0 Å². The topological polar surface area (TPSA) is 74.2 Å². The lowest BCUT2D eigenvalue weighted by Gasteiger charge is -2.35. The molecule has 8 heteroatoms. The number of amides is 1.